The molecule has 0 radical (unpaired) electrons. The lowest BCUT2D eigenvalue weighted by Crippen LogP contribution is -2.34. The van der Waals surface area contributed by atoms with E-state index in [2.05, 4.69) is 5.32 Å². The molecule has 0 spiro atoms. The minimum atomic E-state index is 0.0535. The van der Waals surface area contributed by atoms with Crippen molar-refractivity contribution in [2.45, 2.75) is 13.3 Å². The number of likely N-dealkylation sites (tertiary alicyclic amines) is 1. The first kappa shape index (κ1) is 9.70. The second-order valence-corrected chi connectivity index (χ2v) is 4.96. The van der Waals surface area contributed by atoms with Gasteiger partial charge in [0.2, 0.25) is 0 Å². The van der Waals surface area contributed by atoms with Gasteiger partial charge in [0.25, 0.3) is 0 Å². The third-order valence-corrected chi connectivity index (χ3v) is 3.54. The Bertz CT molecular complexity index is 420. The van der Waals surface area contributed by atoms with Crippen molar-refractivity contribution in [3.63, 3.8) is 0 Å². The lowest BCUT2D eigenvalue weighted by atomic mass is 10.2. The van der Waals surface area contributed by atoms with E-state index in [1.165, 1.54) is 12.0 Å². The van der Waals surface area contributed by atoms with E-state index in [1.54, 1.807) is 0 Å². The van der Waals surface area contributed by atoms with Gasteiger partial charge in [-0.05, 0) is 42.9 Å². The zero-order chi connectivity index (χ0) is 11.1. The Morgan fingerprint density at radius 3 is 2.81 bits per heavy atom. The molecule has 3 rings (SSSR count). The second kappa shape index (κ2) is 3.51. The van der Waals surface area contributed by atoms with Gasteiger partial charge in [-0.2, -0.15) is 0 Å². The average Bonchev–Trinajstić information content (AvgIpc) is 2.86. The average molecular weight is 216 g/mol. The Kier molecular flexibility index (Phi) is 2.13. The number of carbonyl (C=O) groups is 1. The summed E-state index contributed by atoms with van der Waals surface area (Å²) in [5.41, 5.74) is 2.06. The zero-order valence-electron chi connectivity index (χ0n) is 9.44. The van der Waals surface area contributed by atoms with Crippen molar-refractivity contribution in [3.05, 3.63) is 29.8 Å². The van der Waals surface area contributed by atoms with E-state index in [4.69, 9.17) is 0 Å². The normalized spacial score (nSPS) is 26.4. The Balaban J connectivity index is 1.64. The van der Waals surface area contributed by atoms with Crippen LogP contribution in [0, 0.1) is 18.8 Å². The third kappa shape index (κ3) is 1.77. The summed E-state index contributed by atoms with van der Waals surface area (Å²) in [7, 11) is 0. The van der Waals surface area contributed by atoms with Crippen LogP contribution in [0.5, 0.6) is 0 Å². The highest BCUT2D eigenvalue weighted by Crippen LogP contribution is 2.44. The molecule has 1 aliphatic heterocycles. The van der Waals surface area contributed by atoms with Crippen LogP contribution in [0.1, 0.15) is 12.0 Å². The summed E-state index contributed by atoms with van der Waals surface area (Å²) in [5, 5.41) is 2.95. The van der Waals surface area contributed by atoms with Crippen molar-refractivity contribution in [1.29, 1.82) is 0 Å². The molecule has 1 saturated heterocycles. The van der Waals surface area contributed by atoms with E-state index in [-0.39, 0.29) is 6.03 Å². The molecule has 2 unspecified atom stereocenters. The molecular formula is C13H16N2O. The van der Waals surface area contributed by atoms with Gasteiger partial charge in [-0.3, -0.25) is 0 Å². The van der Waals surface area contributed by atoms with E-state index in [0.717, 1.165) is 30.6 Å². The number of amides is 2. The van der Waals surface area contributed by atoms with Gasteiger partial charge in [0, 0.05) is 18.8 Å². The third-order valence-electron chi connectivity index (χ3n) is 3.54. The maximum Gasteiger partial charge on any atom is 0.321 e. The maximum absolute atomic E-state index is 11.9. The number of piperidine rings is 1. The summed E-state index contributed by atoms with van der Waals surface area (Å²) >= 11 is 0. The standard InChI is InChI=1S/C13H16N2O/c1-9-3-2-4-12(5-9)14-13(16)15-7-10-6-11(10)8-15/h2-5,10-11H,6-8H2,1H3,(H,14,16). The predicted octanol–water partition coefficient (Wildman–Crippen LogP) is 2.48. The van der Waals surface area contributed by atoms with Crippen LogP contribution in [-0.4, -0.2) is 24.0 Å². The smallest absolute Gasteiger partial charge is 0.321 e. The Labute approximate surface area is 95.4 Å². The van der Waals surface area contributed by atoms with E-state index in [9.17, 15) is 4.79 Å². The van der Waals surface area contributed by atoms with Gasteiger partial charge >= 0.3 is 6.03 Å². The number of benzene rings is 1. The van der Waals surface area contributed by atoms with Gasteiger partial charge in [-0.25, -0.2) is 4.79 Å². The quantitative estimate of drug-likeness (QED) is 0.768. The Morgan fingerprint density at radius 1 is 1.38 bits per heavy atom. The first-order chi connectivity index (χ1) is 7.72. The molecule has 3 nitrogen and oxygen atoms in total. The molecular weight excluding hydrogens is 200 g/mol. The summed E-state index contributed by atoms with van der Waals surface area (Å²) in [6, 6.07) is 7.97. The molecule has 2 amide bonds. The van der Waals surface area contributed by atoms with Crippen LogP contribution in [0.4, 0.5) is 10.5 Å². The van der Waals surface area contributed by atoms with Gasteiger partial charge < -0.3 is 10.2 Å². The predicted molar refractivity (Wildman–Crippen MR) is 63.4 cm³/mol. The molecule has 2 aliphatic rings. The summed E-state index contributed by atoms with van der Waals surface area (Å²) in [6.07, 6.45) is 1.33. The van der Waals surface area contributed by atoms with Crippen molar-refractivity contribution in [2.24, 2.45) is 11.8 Å². The molecule has 3 heteroatoms. The molecule has 1 aromatic carbocycles. The van der Waals surface area contributed by atoms with Crippen molar-refractivity contribution in [1.82, 2.24) is 4.90 Å². The number of carbonyl (C=O) groups excluding carboxylic acids is 1. The van der Waals surface area contributed by atoms with E-state index < -0.39 is 0 Å². The first-order valence-corrected chi connectivity index (χ1v) is 5.85. The molecule has 0 bridgehead atoms. The zero-order valence-corrected chi connectivity index (χ0v) is 9.44. The van der Waals surface area contributed by atoms with Crippen LogP contribution in [0.25, 0.3) is 0 Å². The molecule has 2 atom stereocenters. The molecule has 1 aliphatic carbocycles. The number of hydrogen-bond donors (Lipinski definition) is 1. The fourth-order valence-corrected chi connectivity index (χ4v) is 2.49. The number of anilines is 1. The topological polar surface area (TPSA) is 32.3 Å². The molecule has 84 valence electrons. The van der Waals surface area contributed by atoms with Crippen molar-refractivity contribution in [2.75, 3.05) is 18.4 Å². The van der Waals surface area contributed by atoms with Crippen LogP contribution in [-0.2, 0) is 0 Å². The fourth-order valence-electron chi connectivity index (χ4n) is 2.49. The Hall–Kier alpha value is -1.51. The van der Waals surface area contributed by atoms with Crippen molar-refractivity contribution < 1.29 is 4.79 Å². The number of aryl methyl sites for hydroxylation is 1. The van der Waals surface area contributed by atoms with Crippen LogP contribution in [0.2, 0.25) is 0 Å². The molecule has 1 heterocycles. The highest BCUT2D eigenvalue weighted by Gasteiger charge is 2.46. The maximum atomic E-state index is 11.9. The molecule has 1 saturated carbocycles. The van der Waals surface area contributed by atoms with Gasteiger partial charge in [0.15, 0.2) is 0 Å². The summed E-state index contributed by atoms with van der Waals surface area (Å²) in [6.45, 7) is 3.92. The minimum absolute atomic E-state index is 0.0535. The lowest BCUT2D eigenvalue weighted by Gasteiger charge is -2.18. The highest BCUT2D eigenvalue weighted by molar-refractivity contribution is 5.89. The van der Waals surface area contributed by atoms with Crippen LogP contribution in [0.3, 0.4) is 0 Å². The van der Waals surface area contributed by atoms with Crippen molar-refractivity contribution in [3.8, 4) is 0 Å². The van der Waals surface area contributed by atoms with Crippen molar-refractivity contribution >= 4 is 11.7 Å². The SMILES string of the molecule is Cc1cccc(NC(=O)N2CC3CC3C2)c1. The second-order valence-electron chi connectivity index (χ2n) is 4.96. The highest BCUT2D eigenvalue weighted by atomic mass is 16.2. The lowest BCUT2D eigenvalue weighted by molar-refractivity contribution is 0.217. The number of rotatable bonds is 1. The monoisotopic (exact) mass is 216 g/mol. The number of urea groups is 1. The fraction of sp³-hybridized carbons (Fsp3) is 0.462. The number of fused-ring (bicyclic) bond motifs is 1. The summed E-state index contributed by atoms with van der Waals surface area (Å²) in [5.74, 6) is 1.59. The van der Waals surface area contributed by atoms with Crippen LogP contribution >= 0.6 is 0 Å². The molecule has 1 N–H and O–H groups in total. The molecule has 16 heavy (non-hydrogen) atoms. The number of nitrogens with one attached hydrogen (secondary N) is 1. The van der Waals surface area contributed by atoms with E-state index in [0.29, 0.717) is 0 Å². The van der Waals surface area contributed by atoms with Gasteiger partial charge in [-0.1, -0.05) is 12.1 Å². The van der Waals surface area contributed by atoms with Crippen LogP contribution < -0.4 is 5.32 Å². The molecule has 1 aromatic rings. The molecule has 0 aromatic heterocycles. The largest absolute Gasteiger partial charge is 0.324 e. The van der Waals surface area contributed by atoms with E-state index >= 15 is 0 Å². The first-order valence-electron chi connectivity index (χ1n) is 5.85. The van der Waals surface area contributed by atoms with Gasteiger partial charge in [-0.15, -0.1) is 0 Å². The number of nitrogens with zero attached hydrogens (tertiary/aromatic N) is 1. The summed E-state index contributed by atoms with van der Waals surface area (Å²) < 4.78 is 0. The number of hydrogen-bond acceptors (Lipinski definition) is 1. The van der Waals surface area contributed by atoms with Gasteiger partial charge in [0.05, 0.1) is 0 Å². The van der Waals surface area contributed by atoms with E-state index in [1.807, 2.05) is 36.1 Å². The van der Waals surface area contributed by atoms with Crippen LogP contribution in [0.15, 0.2) is 24.3 Å². The molecule has 2 fully saturated rings. The summed E-state index contributed by atoms with van der Waals surface area (Å²) in [4.78, 5) is 13.8. The Morgan fingerprint density at radius 2 is 2.12 bits per heavy atom. The minimum Gasteiger partial charge on any atom is -0.324 e. The van der Waals surface area contributed by atoms with Gasteiger partial charge in [0.1, 0.15) is 0 Å².